The quantitative estimate of drug-likeness (QED) is 0.311. The fourth-order valence-corrected chi connectivity index (χ4v) is 4.55. The molecule has 0 N–H and O–H groups in total. The molecule has 0 unspecified atom stereocenters. The lowest BCUT2D eigenvalue weighted by atomic mass is 10.2. The summed E-state index contributed by atoms with van der Waals surface area (Å²) in [6.07, 6.45) is 3.50. The molecule has 0 spiro atoms. The largest absolute Gasteiger partial charge is 0.296 e. The molecule has 29 heavy (non-hydrogen) atoms. The Morgan fingerprint density at radius 2 is 0.862 bits per heavy atom. The van der Waals surface area contributed by atoms with Crippen LogP contribution in [0.25, 0.3) is 0 Å². The highest BCUT2D eigenvalue weighted by molar-refractivity contribution is 7.87. The van der Waals surface area contributed by atoms with Gasteiger partial charge in [0.25, 0.3) is 20.2 Å². The van der Waals surface area contributed by atoms with Crippen LogP contribution in [-0.2, 0) is 28.6 Å². The third-order valence-electron chi connectivity index (χ3n) is 3.97. The monoisotopic (exact) mass is 480 g/mol. The highest BCUT2D eigenvalue weighted by Gasteiger charge is 2.15. The summed E-state index contributed by atoms with van der Waals surface area (Å²) in [4.78, 5) is 0.141. The zero-order valence-electron chi connectivity index (χ0n) is 15.6. The van der Waals surface area contributed by atoms with Crippen molar-refractivity contribution in [1.82, 2.24) is 0 Å². The van der Waals surface area contributed by atoms with Crippen LogP contribution in [0.5, 0.6) is 0 Å². The van der Waals surface area contributed by atoms with E-state index in [1.165, 1.54) is 48.5 Å². The molecule has 0 aliphatic heterocycles. The maximum absolute atomic E-state index is 12.0. The van der Waals surface area contributed by atoms with Gasteiger partial charge in [0.05, 0.1) is 23.0 Å². The molecule has 0 fully saturated rings. The second-order valence-corrected chi connectivity index (χ2v) is 10.3. The van der Waals surface area contributed by atoms with Gasteiger partial charge in [-0.3, -0.25) is 8.37 Å². The molecule has 0 heterocycles. The van der Waals surface area contributed by atoms with Gasteiger partial charge in [0.15, 0.2) is 0 Å². The predicted octanol–water partition coefficient (Wildman–Crippen LogP) is 5.05. The molecule has 0 atom stereocenters. The summed E-state index contributed by atoms with van der Waals surface area (Å²) < 4.78 is 58.0. The third kappa shape index (κ3) is 8.24. The van der Waals surface area contributed by atoms with Crippen LogP contribution in [0.4, 0.5) is 0 Å². The second-order valence-electron chi connectivity index (χ2n) is 6.23. The fourth-order valence-electron chi connectivity index (χ4n) is 2.41. The minimum atomic E-state index is -3.78. The molecule has 2 aromatic carbocycles. The molecule has 0 saturated carbocycles. The third-order valence-corrected chi connectivity index (χ3v) is 7.13. The summed E-state index contributed by atoms with van der Waals surface area (Å²) in [5.74, 6) is 0. The van der Waals surface area contributed by atoms with Gasteiger partial charge >= 0.3 is 0 Å². The average Bonchev–Trinajstić information content (AvgIpc) is 2.67. The van der Waals surface area contributed by atoms with Gasteiger partial charge in [-0.2, -0.15) is 16.8 Å². The van der Waals surface area contributed by atoms with Gasteiger partial charge in [-0.05, 0) is 61.4 Å². The molecule has 0 bridgehead atoms. The van der Waals surface area contributed by atoms with Crippen molar-refractivity contribution in [1.29, 1.82) is 0 Å². The zero-order valence-corrected chi connectivity index (χ0v) is 18.7. The number of benzene rings is 2. The summed E-state index contributed by atoms with van der Waals surface area (Å²) in [5.41, 5.74) is 0. The van der Waals surface area contributed by atoms with Crippen LogP contribution in [0.1, 0.15) is 32.1 Å². The first-order valence-corrected chi connectivity index (χ1v) is 12.6. The topological polar surface area (TPSA) is 86.7 Å². The molecule has 2 aromatic rings. The minimum Gasteiger partial charge on any atom is -0.266 e. The molecule has 0 saturated heterocycles. The Balaban J connectivity index is 1.58. The van der Waals surface area contributed by atoms with E-state index in [1.54, 1.807) is 0 Å². The predicted molar refractivity (Wildman–Crippen MR) is 112 cm³/mol. The van der Waals surface area contributed by atoms with Gasteiger partial charge in [-0.1, -0.05) is 42.5 Å². The maximum Gasteiger partial charge on any atom is 0.296 e. The van der Waals surface area contributed by atoms with Crippen LogP contribution < -0.4 is 0 Å². The molecule has 0 amide bonds. The van der Waals surface area contributed by atoms with Crippen LogP contribution in [0, 0.1) is 0 Å². The summed E-state index contributed by atoms with van der Waals surface area (Å²) in [5, 5.41) is 0.905. The summed E-state index contributed by atoms with van der Waals surface area (Å²) in [6, 6.07) is 11.6. The van der Waals surface area contributed by atoms with Crippen LogP contribution in [0.2, 0.25) is 10.0 Å². The van der Waals surface area contributed by atoms with E-state index in [0.29, 0.717) is 22.9 Å². The van der Waals surface area contributed by atoms with E-state index in [2.05, 4.69) is 0 Å². The van der Waals surface area contributed by atoms with Crippen LogP contribution >= 0.6 is 23.2 Å². The van der Waals surface area contributed by atoms with Crippen molar-refractivity contribution in [2.75, 3.05) is 13.2 Å². The average molecular weight is 481 g/mol. The minimum absolute atomic E-state index is 0.0703. The van der Waals surface area contributed by atoms with Gasteiger partial charge < -0.3 is 0 Å². The molecule has 0 aliphatic rings. The van der Waals surface area contributed by atoms with Crippen LogP contribution in [-0.4, -0.2) is 30.0 Å². The SMILES string of the molecule is O=S(=O)(OCCCCCCCOS(=O)(=O)c1ccc(Cl)cc1)c1ccc(Cl)cc1. The van der Waals surface area contributed by atoms with Gasteiger partial charge in [0.1, 0.15) is 0 Å². The molecule has 0 aromatic heterocycles. The number of rotatable bonds is 12. The molecular weight excluding hydrogens is 459 g/mol. The Morgan fingerprint density at radius 3 is 1.21 bits per heavy atom. The van der Waals surface area contributed by atoms with E-state index in [4.69, 9.17) is 31.6 Å². The molecule has 0 aliphatic carbocycles. The normalized spacial score (nSPS) is 12.2. The van der Waals surface area contributed by atoms with Crippen molar-refractivity contribution in [3.63, 3.8) is 0 Å². The fraction of sp³-hybridized carbons (Fsp3) is 0.368. The smallest absolute Gasteiger partial charge is 0.266 e. The summed E-state index contributed by atoms with van der Waals surface area (Å²) >= 11 is 11.5. The number of unbranched alkanes of at least 4 members (excludes halogenated alkanes) is 4. The number of hydrogen-bond donors (Lipinski definition) is 0. The highest BCUT2D eigenvalue weighted by Crippen LogP contribution is 2.18. The van der Waals surface area contributed by atoms with E-state index >= 15 is 0 Å². The van der Waals surface area contributed by atoms with Gasteiger partial charge in [-0.25, -0.2) is 0 Å². The Morgan fingerprint density at radius 1 is 0.552 bits per heavy atom. The van der Waals surface area contributed by atoms with E-state index in [1.807, 2.05) is 0 Å². The molecule has 2 rings (SSSR count). The molecule has 0 radical (unpaired) electrons. The van der Waals surface area contributed by atoms with E-state index in [9.17, 15) is 16.8 Å². The van der Waals surface area contributed by atoms with Crippen molar-refractivity contribution in [2.45, 2.75) is 41.9 Å². The van der Waals surface area contributed by atoms with Crippen molar-refractivity contribution in [3.8, 4) is 0 Å². The first-order valence-electron chi connectivity index (χ1n) is 9.01. The first kappa shape index (κ1) is 24.1. The van der Waals surface area contributed by atoms with Crippen molar-refractivity contribution < 1.29 is 25.2 Å². The Bertz CT molecular complexity index is 891. The van der Waals surface area contributed by atoms with Gasteiger partial charge in [0, 0.05) is 10.0 Å². The van der Waals surface area contributed by atoms with Crippen molar-refractivity contribution >= 4 is 43.4 Å². The highest BCUT2D eigenvalue weighted by atomic mass is 35.5. The number of hydrogen-bond acceptors (Lipinski definition) is 6. The summed E-state index contributed by atoms with van der Waals surface area (Å²) in [7, 11) is -7.55. The Labute approximate surface area is 182 Å². The van der Waals surface area contributed by atoms with E-state index in [0.717, 1.165) is 19.3 Å². The lowest BCUT2D eigenvalue weighted by Crippen LogP contribution is -2.08. The van der Waals surface area contributed by atoms with Crippen LogP contribution in [0.15, 0.2) is 58.3 Å². The molecule has 160 valence electrons. The Kier molecular flexibility index (Phi) is 9.39. The number of halogens is 2. The van der Waals surface area contributed by atoms with Crippen LogP contribution in [0.3, 0.4) is 0 Å². The first-order chi connectivity index (χ1) is 13.7. The molecule has 10 heteroatoms. The van der Waals surface area contributed by atoms with E-state index < -0.39 is 20.2 Å². The molecule has 6 nitrogen and oxygen atoms in total. The van der Waals surface area contributed by atoms with Gasteiger partial charge in [0.2, 0.25) is 0 Å². The van der Waals surface area contributed by atoms with Crippen molar-refractivity contribution in [3.05, 3.63) is 58.6 Å². The maximum atomic E-state index is 12.0. The lowest BCUT2D eigenvalue weighted by Gasteiger charge is -2.07. The molecular formula is C19H22Cl2O6S2. The standard InChI is InChI=1S/C19H22Cl2O6S2/c20-16-6-10-18(11-7-16)28(22,23)26-14-4-2-1-3-5-15-27-29(24,25)19-12-8-17(21)9-13-19/h6-13H,1-5,14-15H2. The van der Waals surface area contributed by atoms with Crippen molar-refractivity contribution in [2.24, 2.45) is 0 Å². The Hall–Kier alpha value is -1.16. The second kappa shape index (κ2) is 11.3. The van der Waals surface area contributed by atoms with E-state index in [-0.39, 0.29) is 23.0 Å². The zero-order chi connectivity index (χ0) is 21.3. The van der Waals surface area contributed by atoms with Gasteiger partial charge in [-0.15, -0.1) is 0 Å². The lowest BCUT2D eigenvalue weighted by molar-refractivity contribution is 0.297. The summed E-state index contributed by atoms with van der Waals surface area (Å²) in [6.45, 7) is 0.179.